The van der Waals surface area contributed by atoms with Gasteiger partial charge in [0, 0.05) is 22.7 Å². The van der Waals surface area contributed by atoms with Crippen LogP contribution >= 0.6 is 11.6 Å². The summed E-state index contributed by atoms with van der Waals surface area (Å²) in [5.74, 6) is 0.481. The van der Waals surface area contributed by atoms with Crippen LogP contribution in [-0.2, 0) is 0 Å². The number of aromatic hydroxyl groups is 1. The van der Waals surface area contributed by atoms with Gasteiger partial charge < -0.3 is 9.52 Å². The molecule has 1 N–H and O–H groups in total. The smallest absolute Gasteiger partial charge is 0.193 e. The summed E-state index contributed by atoms with van der Waals surface area (Å²) in [7, 11) is 0. The molecule has 1 aromatic heterocycles. The van der Waals surface area contributed by atoms with E-state index in [2.05, 4.69) is 0 Å². The number of fused-ring (bicyclic) bond motifs is 1. The van der Waals surface area contributed by atoms with E-state index in [4.69, 9.17) is 16.0 Å². The Labute approximate surface area is 120 Å². The molecule has 2 aromatic carbocycles. The molecule has 3 nitrogen and oxygen atoms in total. The van der Waals surface area contributed by atoms with Gasteiger partial charge in [-0.25, -0.2) is 0 Å². The number of rotatable bonds is 1. The maximum absolute atomic E-state index is 12.1. The highest BCUT2D eigenvalue weighted by Crippen LogP contribution is 2.27. The van der Waals surface area contributed by atoms with Gasteiger partial charge in [0.15, 0.2) is 5.43 Å². The van der Waals surface area contributed by atoms with E-state index < -0.39 is 0 Å². The summed E-state index contributed by atoms with van der Waals surface area (Å²) in [6.45, 7) is 1.90. The van der Waals surface area contributed by atoms with Crippen LogP contribution in [-0.4, -0.2) is 5.11 Å². The van der Waals surface area contributed by atoms with E-state index in [0.29, 0.717) is 21.8 Å². The van der Waals surface area contributed by atoms with Gasteiger partial charge in [-0.05, 0) is 30.7 Å². The minimum Gasteiger partial charge on any atom is -0.508 e. The number of phenols is 1. The molecule has 3 rings (SSSR count). The molecule has 20 heavy (non-hydrogen) atoms. The summed E-state index contributed by atoms with van der Waals surface area (Å²) in [6, 6.07) is 11.3. The molecule has 0 bridgehead atoms. The van der Waals surface area contributed by atoms with Gasteiger partial charge in [0.05, 0.1) is 5.39 Å². The molecular formula is C16H11ClO3. The molecule has 0 fully saturated rings. The van der Waals surface area contributed by atoms with E-state index in [0.717, 1.165) is 11.1 Å². The van der Waals surface area contributed by atoms with Crippen LogP contribution in [0, 0.1) is 6.92 Å². The van der Waals surface area contributed by atoms with Crippen LogP contribution in [0.4, 0.5) is 0 Å². The number of halogens is 1. The van der Waals surface area contributed by atoms with Crippen LogP contribution in [0.2, 0.25) is 5.02 Å². The van der Waals surface area contributed by atoms with Gasteiger partial charge in [-0.1, -0.05) is 23.7 Å². The van der Waals surface area contributed by atoms with Crippen LogP contribution in [0.15, 0.2) is 51.7 Å². The second-order valence-corrected chi connectivity index (χ2v) is 5.03. The molecule has 0 aliphatic carbocycles. The topological polar surface area (TPSA) is 50.4 Å². The van der Waals surface area contributed by atoms with E-state index >= 15 is 0 Å². The first-order valence-electron chi connectivity index (χ1n) is 6.08. The van der Waals surface area contributed by atoms with Crippen molar-refractivity contribution in [1.82, 2.24) is 0 Å². The van der Waals surface area contributed by atoms with Crippen molar-refractivity contribution in [3.8, 4) is 17.1 Å². The molecule has 0 spiro atoms. The van der Waals surface area contributed by atoms with Gasteiger partial charge >= 0.3 is 0 Å². The Balaban J connectivity index is 2.26. The lowest BCUT2D eigenvalue weighted by Crippen LogP contribution is -2.00. The minimum absolute atomic E-state index is 0.0553. The monoisotopic (exact) mass is 286 g/mol. The van der Waals surface area contributed by atoms with Gasteiger partial charge in [-0.2, -0.15) is 0 Å². The van der Waals surface area contributed by atoms with E-state index in [-0.39, 0.29) is 11.2 Å². The summed E-state index contributed by atoms with van der Waals surface area (Å²) in [5, 5.41) is 10.5. The summed E-state index contributed by atoms with van der Waals surface area (Å²) in [4.78, 5) is 12.1. The van der Waals surface area contributed by atoms with Crippen LogP contribution < -0.4 is 5.43 Å². The van der Waals surface area contributed by atoms with E-state index in [1.165, 1.54) is 18.2 Å². The Morgan fingerprint density at radius 2 is 1.90 bits per heavy atom. The standard InChI is InChI=1S/C16H11ClO3/c1-9-2-3-10(6-13(9)17)15-8-14(19)12-5-4-11(18)7-16(12)20-15/h2-8,18H,1H3. The highest BCUT2D eigenvalue weighted by Gasteiger charge is 2.08. The first kappa shape index (κ1) is 12.8. The number of hydrogen-bond acceptors (Lipinski definition) is 3. The largest absolute Gasteiger partial charge is 0.508 e. The number of phenolic OH excluding ortho intramolecular Hbond substituents is 1. The molecule has 0 aliphatic rings. The molecule has 0 aliphatic heterocycles. The molecule has 0 saturated heterocycles. The van der Waals surface area contributed by atoms with Crippen molar-refractivity contribution in [1.29, 1.82) is 0 Å². The molecule has 0 amide bonds. The third-order valence-electron chi connectivity index (χ3n) is 3.17. The second-order valence-electron chi connectivity index (χ2n) is 4.62. The fraction of sp³-hybridized carbons (Fsp3) is 0.0625. The van der Waals surface area contributed by atoms with Gasteiger partial charge in [-0.15, -0.1) is 0 Å². The Kier molecular flexibility index (Phi) is 2.99. The van der Waals surface area contributed by atoms with Crippen molar-refractivity contribution < 1.29 is 9.52 Å². The zero-order valence-corrected chi connectivity index (χ0v) is 11.4. The predicted octanol–water partition coefficient (Wildman–Crippen LogP) is 4.13. The normalized spacial score (nSPS) is 10.9. The Hall–Kier alpha value is -2.26. The minimum atomic E-state index is -0.155. The van der Waals surface area contributed by atoms with Crippen LogP contribution in [0.3, 0.4) is 0 Å². The van der Waals surface area contributed by atoms with Crippen LogP contribution in [0.25, 0.3) is 22.3 Å². The van der Waals surface area contributed by atoms with E-state index in [9.17, 15) is 9.90 Å². The molecular weight excluding hydrogens is 276 g/mol. The maximum Gasteiger partial charge on any atom is 0.193 e. The van der Waals surface area contributed by atoms with Crippen molar-refractivity contribution in [2.75, 3.05) is 0 Å². The summed E-state index contributed by atoms with van der Waals surface area (Å²) in [5.41, 5.74) is 1.88. The van der Waals surface area contributed by atoms with Gasteiger partial charge in [0.25, 0.3) is 0 Å². The third kappa shape index (κ3) is 2.17. The average molecular weight is 287 g/mol. The molecule has 3 aromatic rings. The van der Waals surface area contributed by atoms with Crippen LogP contribution in [0.1, 0.15) is 5.56 Å². The van der Waals surface area contributed by atoms with Crippen molar-refractivity contribution >= 4 is 22.6 Å². The summed E-state index contributed by atoms with van der Waals surface area (Å²) in [6.07, 6.45) is 0. The maximum atomic E-state index is 12.1. The Bertz CT molecular complexity index is 865. The molecule has 4 heteroatoms. The highest BCUT2D eigenvalue weighted by atomic mass is 35.5. The number of aryl methyl sites for hydroxylation is 1. The summed E-state index contributed by atoms with van der Waals surface area (Å²) < 4.78 is 5.69. The zero-order valence-electron chi connectivity index (χ0n) is 10.7. The SMILES string of the molecule is Cc1ccc(-c2cc(=O)c3ccc(O)cc3o2)cc1Cl. The Morgan fingerprint density at radius 1 is 1.10 bits per heavy atom. The zero-order chi connectivity index (χ0) is 14.3. The lowest BCUT2D eigenvalue weighted by molar-refractivity contribution is 0.474. The summed E-state index contributed by atoms with van der Waals surface area (Å²) >= 11 is 6.09. The number of benzene rings is 2. The van der Waals surface area contributed by atoms with Gasteiger partial charge in [0.1, 0.15) is 17.1 Å². The van der Waals surface area contributed by atoms with Crippen molar-refractivity contribution in [2.45, 2.75) is 6.92 Å². The van der Waals surface area contributed by atoms with Crippen molar-refractivity contribution in [2.24, 2.45) is 0 Å². The molecule has 0 atom stereocenters. The molecule has 0 radical (unpaired) electrons. The van der Waals surface area contributed by atoms with E-state index in [1.807, 2.05) is 19.1 Å². The second kappa shape index (κ2) is 4.69. The molecule has 100 valence electrons. The third-order valence-corrected chi connectivity index (χ3v) is 3.58. The fourth-order valence-corrected chi connectivity index (χ4v) is 2.21. The Morgan fingerprint density at radius 3 is 2.65 bits per heavy atom. The highest BCUT2D eigenvalue weighted by molar-refractivity contribution is 6.31. The molecule has 0 saturated carbocycles. The number of hydrogen-bond donors (Lipinski definition) is 1. The molecule has 1 heterocycles. The quantitative estimate of drug-likeness (QED) is 0.732. The van der Waals surface area contributed by atoms with Crippen molar-refractivity contribution in [3.63, 3.8) is 0 Å². The van der Waals surface area contributed by atoms with Crippen molar-refractivity contribution in [3.05, 3.63) is 63.3 Å². The van der Waals surface area contributed by atoms with Crippen LogP contribution in [0.5, 0.6) is 5.75 Å². The lowest BCUT2D eigenvalue weighted by atomic mass is 10.1. The van der Waals surface area contributed by atoms with Gasteiger partial charge in [0.2, 0.25) is 0 Å². The lowest BCUT2D eigenvalue weighted by Gasteiger charge is -2.05. The van der Waals surface area contributed by atoms with E-state index in [1.54, 1.807) is 12.1 Å². The first-order valence-corrected chi connectivity index (χ1v) is 6.46. The van der Waals surface area contributed by atoms with Gasteiger partial charge in [-0.3, -0.25) is 4.79 Å². The predicted molar refractivity (Wildman–Crippen MR) is 79.3 cm³/mol. The average Bonchev–Trinajstić information content (AvgIpc) is 2.41. The fourth-order valence-electron chi connectivity index (χ4n) is 2.03. The first-order chi connectivity index (χ1) is 9.54. The molecule has 0 unspecified atom stereocenters.